The lowest BCUT2D eigenvalue weighted by atomic mass is 10.1. The molecule has 2 heterocycles. The van der Waals surface area contributed by atoms with Crippen molar-refractivity contribution in [3.8, 4) is 0 Å². The summed E-state index contributed by atoms with van der Waals surface area (Å²) in [5, 5.41) is 9.48. The fourth-order valence-electron chi connectivity index (χ4n) is 2.84. The SMILES string of the molecule is Cc1nn(C2CCNCC2)c2c(C)cccc12. The molecular weight excluding hydrogens is 210 g/mol. The summed E-state index contributed by atoms with van der Waals surface area (Å²) >= 11 is 0. The van der Waals surface area contributed by atoms with Crippen LogP contribution in [-0.4, -0.2) is 22.9 Å². The maximum Gasteiger partial charge on any atom is 0.0717 e. The van der Waals surface area contributed by atoms with E-state index >= 15 is 0 Å². The highest BCUT2D eigenvalue weighted by atomic mass is 15.3. The third-order valence-electron chi connectivity index (χ3n) is 3.77. The van der Waals surface area contributed by atoms with E-state index in [1.54, 1.807) is 0 Å². The lowest BCUT2D eigenvalue weighted by Crippen LogP contribution is -2.29. The monoisotopic (exact) mass is 229 g/mol. The van der Waals surface area contributed by atoms with Crippen molar-refractivity contribution in [1.82, 2.24) is 15.1 Å². The first-order chi connectivity index (χ1) is 8.27. The zero-order valence-corrected chi connectivity index (χ0v) is 10.5. The fourth-order valence-corrected chi connectivity index (χ4v) is 2.84. The minimum absolute atomic E-state index is 0.563. The predicted molar refractivity (Wildman–Crippen MR) is 70.3 cm³/mol. The molecule has 1 fully saturated rings. The minimum atomic E-state index is 0.563. The van der Waals surface area contributed by atoms with Crippen LogP contribution in [0.2, 0.25) is 0 Å². The van der Waals surface area contributed by atoms with Crippen LogP contribution in [-0.2, 0) is 0 Å². The van der Waals surface area contributed by atoms with Crippen molar-refractivity contribution in [3.63, 3.8) is 0 Å². The number of aryl methyl sites for hydroxylation is 2. The summed E-state index contributed by atoms with van der Waals surface area (Å²) in [6.07, 6.45) is 2.37. The second-order valence-corrected chi connectivity index (χ2v) is 4.98. The number of hydrogen-bond donors (Lipinski definition) is 1. The largest absolute Gasteiger partial charge is 0.317 e. The third-order valence-corrected chi connectivity index (χ3v) is 3.77. The van der Waals surface area contributed by atoms with Gasteiger partial charge in [-0.05, 0) is 45.3 Å². The Labute approximate surface area is 102 Å². The smallest absolute Gasteiger partial charge is 0.0717 e. The summed E-state index contributed by atoms with van der Waals surface area (Å²) < 4.78 is 2.26. The number of para-hydroxylation sites is 1. The van der Waals surface area contributed by atoms with Crippen molar-refractivity contribution in [1.29, 1.82) is 0 Å². The summed E-state index contributed by atoms with van der Waals surface area (Å²) in [5.41, 5.74) is 3.82. The summed E-state index contributed by atoms with van der Waals surface area (Å²) in [7, 11) is 0. The first-order valence-corrected chi connectivity index (χ1v) is 6.42. The Bertz CT molecular complexity index is 536. The lowest BCUT2D eigenvalue weighted by Gasteiger charge is -2.24. The molecule has 3 heteroatoms. The van der Waals surface area contributed by atoms with E-state index in [-0.39, 0.29) is 0 Å². The van der Waals surface area contributed by atoms with Gasteiger partial charge in [-0.15, -0.1) is 0 Å². The maximum absolute atomic E-state index is 4.76. The van der Waals surface area contributed by atoms with Crippen molar-refractivity contribution < 1.29 is 0 Å². The van der Waals surface area contributed by atoms with Crippen LogP contribution in [0.3, 0.4) is 0 Å². The maximum atomic E-state index is 4.76. The van der Waals surface area contributed by atoms with Crippen LogP contribution in [0.5, 0.6) is 0 Å². The van der Waals surface area contributed by atoms with E-state index in [2.05, 4.69) is 42.0 Å². The van der Waals surface area contributed by atoms with Crippen LogP contribution < -0.4 is 5.32 Å². The number of aromatic nitrogens is 2. The molecule has 0 aliphatic carbocycles. The van der Waals surface area contributed by atoms with Gasteiger partial charge in [-0.25, -0.2) is 0 Å². The van der Waals surface area contributed by atoms with Gasteiger partial charge in [0.05, 0.1) is 17.3 Å². The van der Waals surface area contributed by atoms with Gasteiger partial charge in [0.15, 0.2) is 0 Å². The standard InChI is InChI=1S/C14H19N3/c1-10-4-3-5-13-11(2)16-17(14(10)13)12-6-8-15-9-7-12/h3-5,12,15H,6-9H2,1-2H3. The van der Waals surface area contributed by atoms with Gasteiger partial charge in [0.1, 0.15) is 0 Å². The Morgan fingerprint density at radius 1 is 1.24 bits per heavy atom. The topological polar surface area (TPSA) is 29.9 Å². The molecular formula is C14H19N3. The average molecular weight is 229 g/mol. The van der Waals surface area contributed by atoms with Gasteiger partial charge in [0.25, 0.3) is 0 Å². The Kier molecular flexibility index (Phi) is 2.63. The van der Waals surface area contributed by atoms with E-state index in [9.17, 15) is 0 Å². The highest BCUT2D eigenvalue weighted by molar-refractivity contribution is 5.84. The number of nitrogens with one attached hydrogen (secondary N) is 1. The second-order valence-electron chi connectivity index (χ2n) is 4.98. The van der Waals surface area contributed by atoms with Crippen LogP contribution in [0.15, 0.2) is 18.2 Å². The summed E-state index contributed by atoms with van der Waals surface area (Å²) in [6.45, 7) is 6.51. The number of hydrogen-bond acceptors (Lipinski definition) is 2. The normalized spacial score (nSPS) is 17.8. The van der Waals surface area contributed by atoms with Gasteiger partial charge in [-0.1, -0.05) is 18.2 Å². The van der Waals surface area contributed by atoms with E-state index < -0.39 is 0 Å². The van der Waals surface area contributed by atoms with Crippen molar-refractivity contribution >= 4 is 10.9 Å². The van der Waals surface area contributed by atoms with Gasteiger partial charge >= 0.3 is 0 Å². The zero-order valence-electron chi connectivity index (χ0n) is 10.5. The van der Waals surface area contributed by atoms with Crippen molar-refractivity contribution in [2.75, 3.05) is 13.1 Å². The molecule has 3 nitrogen and oxygen atoms in total. The molecule has 0 spiro atoms. The van der Waals surface area contributed by atoms with E-state index in [4.69, 9.17) is 5.10 Å². The molecule has 1 saturated heterocycles. The van der Waals surface area contributed by atoms with Crippen LogP contribution >= 0.6 is 0 Å². The van der Waals surface area contributed by atoms with Gasteiger partial charge < -0.3 is 5.32 Å². The number of fused-ring (bicyclic) bond motifs is 1. The van der Waals surface area contributed by atoms with Crippen LogP contribution in [0.25, 0.3) is 10.9 Å². The number of piperidine rings is 1. The summed E-state index contributed by atoms with van der Waals surface area (Å²) in [5.74, 6) is 0. The molecule has 0 bridgehead atoms. The van der Waals surface area contributed by atoms with Gasteiger partial charge in [-0.3, -0.25) is 4.68 Å². The molecule has 17 heavy (non-hydrogen) atoms. The Morgan fingerprint density at radius 3 is 2.76 bits per heavy atom. The Balaban J connectivity index is 2.15. The van der Waals surface area contributed by atoms with E-state index in [0.29, 0.717) is 6.04 Å². The van der Waals surface area contributed by atoms with Gasteiger partial charge in [-0.2, -0.15) is 5.10 Å². The quantitative estimate of drug-likeness (QED) is 0.814. The number of nitrogens with zero attached hydrogens (tertiary/aromatic N) is 2. The van der Waals surface area contributed by atoms with E-state index in [0.717, 1.165) is 18.8 Å². The lowest BCUT2D eigenvalue weighted by molar-refractivity contribution is 0.350. The highest BCUT2D eigenvalue weighted by Crippen LogP contribution is 2.28. The molecule has 0 saturated carbocycles. The van der Waals surface area contributed by atoms with Crippen molar-refractivity contribution in [3.05, 3.63) is 29.5 Å². The Morgan fingerprint density at radius 2 is 2.00 bits per heavy atom. The van der Waals surface area contributed by atoms with Crippen LogP contribution in [0.4, 0.5) is 0 Å². The van der Waals surface area contributed by atoms with Gasteiger partial charge in [0, 0.05) is 5.39 Å². The Hall–Kier alpha value is -1.35. The first-order valence-electron chi connectivity index (χ1n) is 6.42. The van der Waals surface area contributed by atoms with Crippen LogP contribution in [0, 0.1) is 13.8 Å². The summed E-state index contributed by atoms with van der Waals surface area (Å²) in [4.78, 5) is 0. The fraction of sp³-hybridized carbons (Fsp3) is 0.500. The molecule has 0 radical (unpaired) electrons. The van der Waals surface area contributed by atoms with Crippen molar-refractivity contribution in [2.45, 2.75) is 32.7 Å². The predicted octanol–water partition coefficient (Wildman–Crippen LogP) is 2.58. The third kappa shape index (κ3) is 1.75. The molecule has 1 aromatic carbocycles. The average Bonchev–Trinajstić information content (AvgIpc) is 2.70. The molecule has 1 N–H and O–H groups in total. The molecule has 0 unspecified atom stereocenters. The molecule has 2 aromatic rings. The molecule has 90 valence electrons. The number of benzene rings is 1. The molecule has 0 atom stereocenters. The van der Waals surface area contributed by atoms with Gasteiger partial charge in [0.2, 0.25) is 0 Å². The minimum Gasteiger partial charge on any atom is -0.317 e. The number of rotatable bonds is 1. The zero-order chi connectivity index (χ0) is 11.8. The van der Waals surface area contributed by atoms with Crippen molar-refractivity contribution in [2.24, 2.45) is 0 Å². The van der Waals surface area contributed by atoms with E-state index in [1.165, 1.54) is 29.3 Å². The molecule has 1 aliphatic rings. The molecule has 1 aromatic heterocycles. The molecule has 0 amide bonds. The first kappa shape index (κ1) is 10.8. The summed E-state index contributed by atoms with van der Waals surface area (Å²) in [6, 6.07) is 7.05. The van der Waals surface area contributed by atoms with Crippen LogP contribution in [0.1, 0.15) is 30.1 Å². The molecule has 1 aliphatic heterocycles. The highest BCUT2D eigenvalue weighted by Gasteiger charge is 2.19. The molecule has 3 rings (SSSR count). The second kappa shape index (κ2) is 4.15. The van der Waals surface area contributed by atoms with E-state index in [1.807, 2.05) is 0 Å².